The Bertz CT molecular complexity index is 289. The van der Waals surface area contributed by atoms with Gasteiger partial charge in [0.1, 0.15) is 0 Å². The average Bonchev–Trinajstić information content (AvgIpc) is 2.24. The maximum Gasteiger partial charge on any atom is 0.0519 e. The van der Waals surface area contributed by atoms with Crippen molar-refractivity contribution in [3.8, 4) is 0 Å². The molecule has 1 aromatic carbocycles. The van der Waals surface area contributed by atoms with Gasteiger partial charge in [-0.15, -0.1) is 0 Å². The number of hydrogen-bond donors (Lipinski definition) is 1. The molecule has 0 heterocycles. The summed E-state index contributed by atoms with van der Waals surface area (Å²) in [4.78, 5) is 0. The Morgan fingerprint density at radius 2 is 2.27 bits per heavy atom. The second-order valence-corrected chi connectivity index (χ2v) is 4.46. The van der Waals surface area contributed by atoms with Crippen molar-refractivity contribution in [1.82, 2.24) is 0 Å². The Balaban J connectivity index is 2.50. The largest absolute Gasteiger partial charge is 0.396 e. The highest BCUT2D eigenvalue weighted by Crippen LogP contribution is 2.15. The van der Waals surface area contributed by atoms with Crippen molar-refractivity contribution >= 4 is 15.9 Å². The second kappa shape index (κ2) is 6.99. The van der Waals surface area contributed by atoms with Crippen LogP contribution in [0.15, 0.2) is 28.7 Å². The highest BCUT2D eigenvalue weighted by atomic mass is 79.9. The molecular weight excluding hydrogens is 256 g/mol. The molecule has 0 spiro atoms. The lowest BCUT2D eigenvalue weighted by molar-refractivity contribution is 0.0810. The molecule has 0 amide bonds. The van der Waals surface area contributed by atoms with Gasteiger partial charge in [-0.25, -0.2) is 0 Å². The van der Waals surface area contributed by atoms with Gasteiger partial charge in [0.25, 0.3) is 0 Å². The van der Waals surface area contributed by atoms with Crippen LogP contribution in [-0.4, -0.2) is 24.9 Å². The smallest absolute Gasteiger partial charge is 0.0519 e. The Kier molecular flexibility index (Phi) is 5.91. The van der Waals surface area contributed by atoms with Crippen LogP contribution < -0.4 is 0 Å². The van der Waals surface area contributed by atoms with Crippen molar-refractivity contribution in [2.45, 2.75) is 13.3 Å². The summed E-state index contributed by atoms with van der Waals surface area (Å²) in [7, 11) is 0. The van der Waals surface area contributed by atoms with Gasteiger partial charge in [0, 0.05) is 23.6 Å². The standard InChI is InChI=1S/C12H17BrO2/c1-2-15-9-11(8-14)6-10-4-3-5-12(13)7-10/h3-5,7,11,14H,2,6,8-9H2,1H3. The minimum Gasteiger partial charge on any atom is -0.396 e. The molecule has 84 valence electrons. The third kappa shape index (κ3) is 4.78. The maximum atomic E-state index is 9.19. The predicted molar refractivity (Wildman–Crippen MR) is 64.9 cm³/mol. The van der Waals surface area contributed by atoms with Crippen molar-refractivity contribution in [2.24, 2.45) is 5.92 Å². The van der Waals surface area contributed by atoms with E-state index in [-0.39, 0.29) is 12.5 Å². The van der Waals surface area contributed by atoms with Crippen molar-refractivity contribution in [2.75, 3.05) is 19.8 Å². The van der Waals surface area contributed by atoms with Crippen LogP contribution in [0.25, 0.3) is 0 Å². The lowest BCUT2D eigenvalue weighted by Gasteiger charge is -2.13. The summed E-state index contributed by atoms with van der Waals surface area (Å²) in [6.45, 7) is 3.47. The van der Waals surface area contributed by atoms with Crippen molar-refractivity contribution in [3.63, 3.8) is 0 Å². The molecule has 1 aromatic rings. The first-order chi connectivity index (χ1) is 7.26. The highest BCUT2D eigenvalue weighted by Gasteiger charge is 2.08. The van der Waals surface area contributed by atoms with E-state index in [1.807, 2.05) is 19.1 Å². The third-order valence-corrected chi connectivity index (χ3v) is 2.72. The first-order valence-corrected chi connectivity index (χ1v) is 5.98. The molecule has 1 atom stereocenters. The summed E-state index contributed by atoms with van der Waals surface area (Å²) in [5.74, 6) is 0.194. The summed E-state index contributed by atoms with van der Waals surface area (Å²) >= 11 is 3.43. The molecule has 1 unspecified atom stereocenters. The van der Waals surface area contributed by atoms with Gasteiger partial charge in [0.05, 0.1) is 6.61 Å². The molecule has 1 N–H and O–H groups in total. The van der Waals surface area contributed by atoms with E-state index in [0.717, 1.165) is 10.9 Å². The van der Waals surface area contributed by atoms with Crippen LogP contribution >= 0.6 is 15.9 Å². The monoisotopic (exact) mass is 272 g/mol. The fourth-order valence-electron chi connectivity index (χ4n) is 1.46. The SMILES string of the molecule is CCOCC(CO)Cc1cccc(Br)c1. The maximum absolute atomic E-state index is 9.19. The minimum absolute atomic E-state index is 0.173. The fraction of sp³-hybridized carbons (Fsp3) is 0.500. The zero-order valence-electron chi connectivity index (χ0n) is 8.95. The molecular formula is C12H17BrO2. The zero-order chi connectivity index (χ0) is 11.1. The number of halogens is 1. The van der Waals surface area contributed by atoms with E-state index in [0.29, 0.717) is 13.2 Å². The number of hydrogen-bond acceptors (Lipinski definition) is 2. The molecule has 0 aromatic heterocycles. The van der Waals surface area contributed by atoms with Gasteiger partial charge in [-0.3, -0.25) is 0 Å². The van der Waals surface area contributed by atoms with Crippen molar-refractivity contribution < 1.29 is 9.84 Å². The molecule has 2 nitrogen and oxygen atoms in total. The normalized spacial score (nSPS) is 12.7. The molecule has 0 fully saturated rings. The van der Waals surface area contributed by atoms with E-state index in [1.165, 1.54) is 5.56 Å². The molecule has 0 radical (unpaired) electrons. The van der Waals surface area contributed by atoms with Crippen LogP contribution in [0.2, 0.25) is 0 Å². The quantitative estimate of drug-likeness (QED) is 0.863. The fourth-order valence-corrected chi connectivity index (χ4v) is 1.90. The van der Waals surface area contributed by atoms with Gasteiger partial charge in [-0.1, -0.05) is 28.1 Å². The van der Waals surface area contributed by atoms with Crippen LogP contribution in [0.5, 0.6) is 0 Å². The third-order valence-electron chi connectivity index (χ3n) is 2.23. The summed E-state index contributed by atoms with van der Waals surface area (Å²) in [5.41, 5.74) is 1.23. The predicted octanol–water partition coefficient (Wildman–Crippen LogP) is 2.64. The lowest BCUT2D eigenvalue weighted by Crippen LogP contribution is -2.16. The van der Waals surface area contributed by atoms with Crippen LogP contribution in [0.4, 0.5) is 0 Å². The highest BCUT2D eigenvalue weighted by molar-refractivity contribution is 9.10. The van der Waals surface area contributed by atoms with Gasteiger partial charge in [-0.05, 0) is 31.0 Å². The molecule has 0 aliphatic carbocycles. The molecule has 0 saturated carbocycles. The number of aliphatic hydroxyl groups is 1. The summed E-state index contributed by atoms with van der Waals surface area (Å²) in [6.07, 6.45) is 0.857. The van der Waals surface area contributed by atoms with Crippen LogP contribution in [0.3, 0.4) is 0 Å². The summed E-state index contributed by atoms with van der Waals surface area (Å²) in [6, 6.07) is 8.16. The van der Waals surface area contributed by atoms with Crippen LogP contribution in [0, 0.1) is 5.92 Å². The van der Waals surface area contributed by atoms with Gasteiger partial charge in [0.2, 0.25) is 0 Å². The van der Waals surface area contributed by atoms with E-state index >= 15 is 0 Å². The molecule has 1 rings (SSSR count). The number of ether oxygens (including phenoxy) is 1. The molecule has 0 bridgehead atoms. The molecule has 0 aliphatic heterocycles. The van der Waals surface area contributed by atoms with E-state index in [4.69, 9.17) is 4.74 Å². The Morgan fingerprint density at radius 1 is 1.47 bits per heavy atom. The Morgan fingerprint density at radius 3 is 2.87 bits per heavy atom. The van der Waals surface area contributed by atoms with Gasteiger partial charge in [-0.2, -0.15) is 0 Å². The molecule has 0 aliphatic rings. The topological polar surface area (TPSA) is 29.5 Å². The second-order valence-electron chi connectivity index (χ2n) is 3.54. The van der Waals surface area contributed by atoms with Crippen LogP contribution in [0.1, 0.15) is 12.5 Å². The lowest BCUT2D eigenvalue weighted by atomic mass is 10.0. The number of rotatable bonds is 6. The van der Waals surface area contributed by atoms with E-state index < -0.39 is 0 Å². The van der Waals surface area contributed by atoms with Gasteiger partial charge >= 0.3 is 0 Å². The molecule has 15 heavy (non-hydrogen) atoms. The summed E-state index contributed by atoms with van der Waals surface area (Å²) in [5, 5.41) is 9.19. The van der Waals surface area contributed by atoms with Crippen LogP contribution in [-0.2, 0) is 11.2 Å². The van der Waals surface area contributed by atoms with Gasteiger partial charge in [0.15, 0.2) is 0 Å². The van der Waals surface area contributed by atoms with Gasteiger partial charge < -0.3 is 9.84 Å². The van der Waals surface area contributed by atoms with Crippen molar-refractivity contribution in [3.05, 3.63) is 34.3 Å². The number of aliphatic hydroxyl groups excluding tert-OH is 1. The zero-order valence-corrected chi connectivity index (χ0v) is 10.5. The summed E-state index contributed by atoms with van der Waals surface area (Å²) < 4.78 is 6.39. The number of benzene rings is 1. The average molecular weight is 273 g/mol. The van der Waals surface area contributed by atoms with E-state index in [9.17, 15) is 5.11 Å². The van der Waals surface area contributed by atoms with E-state index in [2.05, 4.69) is 28.1 Å². The molecule has 3 heteroatoms. The minimum atomic E-state index is 0.173. The van der Waals surface area contributed by atoms with Crippen molar-refractivity contribution in [1.29, 1.82) is 0 Å². The molecule has 0 saturated heterocycles. The Labute approximate surface area is 99.4 Å². The first kappa shape index (κ1) is 12.7. The Hall–Kier alpha value is -0.380. The first-order valence-electron chi connectivity index (χ1n) is 5.19. The van der Waals surface area contributed by atoms with E-state index in [1.54, 1.807) is 0 Å².